The first-order valence-electron chi connectivity index (χ1n) is 11.9. The largest absolute Gasteiger partial charge is 0.352 e. The number of carbonyl (C=O) groups is 2. The Labute approximate surface area is 218 Å². The van der Waals surface area contributed by atoms with E-state index >= 15 is 0 Å². The third-order valence-electron chi connectivity index (χ3n) is 6.05. The van der Waals surface area contributed by atoms with Gasteiger partial charge in [0.25, 0.3) is 0 Å². The lowest BCUT2D eigenvalue weighted by Gasteiger charge is -2.32. The number of amides is 2. The highest BCUT2D eigenvalue weighted by atomic mass is 35.5. The number of thioether (sulfide) groups is 1. The molecule has 0 spiro atoms. The van der Waals surface area contributed by atoms with Crippen LogP contribution in [0.1, 0.15) is 37.0 Å². The van der Waals surface area contributed by atoms with Crippen LogP contribution >= 0.6 is 23.4 Å². The molecule has 3 rings (SSSR count). The SMILES string of the molecule is CC[C@H](C)NC(=O)[C@H](Cc1ccccc1)N(Cc1ccccc1C)C(=O)CSc1ccc(Cl)cc1. The minimum absolute atomic E-state index is 0.0274. The van der Waals surface area contributed by atoms with E-state index in [1.165, 1.54) is 11.8 Å². The minimum Gasteiger partial charge on any atom is -0.352 e. The normalized spacial score (nSPS) is 12.6. The molecule has 0 unspecified atom stereocenters. The van der Waals surface area contributed by atoms with Gasteiger partial charge in [0.1, 0.15) is 6.04 Å². The van der Waals surface area contributed by atoms with E-state index in [1.807, 2.05) is 99.6 Å². The molecule has 6 heteroatoms. The molecule has 0 heterocycles. The van der Waals surface area contributed by atoms with Gasteiger partial charge in [0.05, 0.1) is 5.75 Å². The molecule has 0 fully saturated rings. The molecule has 0 bridgehead atoms. The zero-order valence-electron chi connectivity index (χ0n) is 20.5. The first-order chi connectivity index (χ1) is 16.9. The lowest BCUT2D eigenvalue weighted by molar-refractivity contribution is -0.139. The topological polar surface area (TPSA) is 49.4 Å². The zero-order valence-corrected chi connectivity index (χ0v) is 22.1. The van der Waals surface area contributed by atoms with E-state index in [1.54, 1.807) is 4.90 Å². The number of benzene rings is 3. The monoisotopic (exact) mass is 508 g/mol. The number of carbonyl (C=O) groups excluding carboxylic acids is 2. The molecule has 0 saturated heterocycles. The summed E-state index contributed by atoms with van der Waals surface area (Å²) in [5.74, 6) is 0.0325. The molecule has 1 N–H and O–H groups in total. The molecular weight excluding hydrogens is 476 g/mol. The molecule has 2 amide bonds. The Hall–Kier alpha value is -2.76. The Morgan fingerprint density at radius 3 is 2.29 bits per heavy atom. The van der Waals surface area contributed by atoms with Crippen LogP contribution in [0.15, 0.2) is 83.8 Å². The molecule has 35 heavy (non-hydrogen) atoms. The van der Waals surface area contributed by atoms with E-state index in [9.17, 15) is 9.59 Å². The van der Waals surface area contributed by atoms with Crippen molar-refractivity contribution in [2.45, 2.75) is 57.1 Å². The fourth-order valence-electron chi connectivity index (χ4n) is 3.72. The van der Waals surface area contributed by atoms with Crippen molar-refractivity contribution < 1.29 is 9.59 Å². The Balaban J connectivity index is 1.91. The van der Waals surface area contributed by atoms with Crippen LogP contribution in [0.2, 0.25) is 5.02 Å². The van der Waals surface area contributed by atoms with Gasteiger partial charge in [-0.25, -0.2) is 0 Å². The van der Waals surface area contributed by atoms with Gasteiger partial charge in [-0.15, -0.1) is 11.8 Å². The molecule has 3 aromatic carbocycles. The lowest BCUT2D eigenvalue weighted by atomic mass is 10.0. The molecule has 184 valence electrons. The minimum atomic E-state index is -0.621. The third kappa shape index (κ3) is 8.15. The van der Waals surface area contributed by atoms with Crippen LogP contribution in [0.4, 0.5) is 0 Å². The Morgan fingerprint density at radius 1 is 0.971 bits per heavy atom. The molecule has 3 aromatic rings. The Kier molecular flexibility index (Phi) is 10.2. The van der Waals surface area contributed by atoms with Crippen molar-refractivity contribution in [1.82, 2.24) is 10.2 Å². The highest BCUT2D eigenvalue weighted by Crippen LogP contribution is 2.23. The summed E-state index contributed by atoms with van der Waals surface area (Å²) >= 11 is 7.46. The van der Waals surface area contributed by atoms with Gasteiger partial charge in [-0.1, -0.05) is 73.1 Å². The predicted molar refractivity (Wildman–Crippen MR) is 146 cm³/mol. The first kappa shape index (κ1) is 26.8. The molecule has 4 nitrogen and oxygen atoms in total. The summed E-state index contributed by atoms with van der Waals surface area (Å²) in [4.78, 5) is 29.9. The number of nitrogens with zero attached hydrogens (tertiary/aromatic N) is 1. The van der Waals surface area contributed by atoms with Crippen molar-refractivity contribution in [3.05, 3.63) is 101 Å². The number of hydrogen-bond acceptors (Lipinski definition) is 3. The standard InChI is InChI=1S/C29H33ClN2O2S/c1-4-22(3)31-29(34)27(18-23-11-6-5-7-12-23)32(19-24-13-9-8-10-21(24)2)28(33)20-35-26-16-14-25(30)15-17-26/h5-17,22,27H,4,18-20H2,1-3H3,(H,31,34)/t22-,27-/m0/s1. The number of aryl methyl sites for hydroxylation is 1. The van der Waals surface area contributed by atoms with E-state index in [0.29, 0.717) is 18.0 Å². The lowest BCUT2D eigenvalue weighted by Crippen LogP contribution is -2.52. The summed E-state index contributed by atoms with van der Waals surface area (Å²) in [7, 11) is 0. The highest BCUT2D eigenvalue weighted by molar-refractivity contribution is 8.00. The van der Waals surface area contributed by atoms with Gasteiger partial charge in [0.15, 0.2) is 0 Å². The average molecular weight is 509 g/mol. The van der Waals surface area contributed by atoms with Crippen LogP contribution in [-0.2, 0) is 22.6 Å². The zero-order chi connectivity index (χ0) is 25.2. The second kappa shape index (κ2) is 13.4. The maximum atomic E-state index is 13.7. The maximum absolute atomic E-state index is 13.7. The van der Waals surface area contributed by atoms with Crippen LogP contribution in [-0.4, -0.2) is 34.6 Å². The number of hydrogen-bond donors (Lipinski definition) is 1. The molecule has 0 saturated carbocycles. The summed E-state index contributed by atoms with van der Waals surface area (Å²) in [5, 5.41) is 3.77. The number of halogens is 1. The number of nitrogens with one attached hydrogen (secondary N) is 1. The van der Waals surface area contributed by atoms with E-state index in [-0.39, 0.29) is 23.6 Å². The summed E-state index contributed by atoms with van der Waals surface area (Å²) in [5.41, 5.74) is 3.15. The molecule has 0 aliphatic heterocycles. The van der Waals surface area contributed by atoms with Crippen molar-refractivity contribution in [2.24, 2.45) is 0 Å². The van der Waals surface area contributed by atoms with Crippen molar-refractivity contribution in [1.29, 1.82) is 0 Å². The van der Waals surface area contributed by atoms with Gasteiger partial charge < -0.3 is 10.2 Å². The quantitative estimate of drug-likeness (QED) is 0.309. The molecular formula is C29H33ClN2O2S. The summed E-state index contributed by atoms with van der Waals surface area (Å²) in [6.45, 7) is 6.43. The van der Waals surface area contributed by atoms with Crippen LogP contribution in [0, 0.1) is 6.92 Å². The van der Waals surface area contributed by atoms with Gasteiger partial charge in [-0.05, 0) is 61.2 Å². The van der Waals surface area contributed by atoms with Crippen LogP contribution in [0.5, 0.6) is 0 Å². The van der Waals surface area contributed by atoms with Crippen molar-refractivity contribution in [3.8, 4) is 0 Å². The maximum Gasteiger partial charge on any atom is 0.243 e. The van der Waals surface area contributed by atoms with Crippen LogP contribution < -0.4 is 5.32 Å². The second-order valence-corrected chi connectivity index (χ2v) is 10.2. The van der Waals surface area contributed by atoms with Crippen molar-refractivity contribution >= 4 is 35.2 Å². The number of rotatable bonds is 11. The molecule has 0 radical (unpaired) electrons. The van der Waals surface area contributed by atoms with Gasteiger partial charge >= 0.3 is 0 Å². The van der Waals surface area contributed by atoms with Gasteiger partial charge in [-0.2, -0.15) is 0 Å². The van der Waals surface area contributed by atoms with E-state index in [4.69, 9.17) is 11.6 Å². The van der Waals surface area contributed by atoms with Gasteiger partial charge in [-0.3, -0.25) is 9.59 Å². The average Bonchev–Trinajstić information content (AvgIpc) is 2.87. The summed E-state index contributed by atoms with van der Waals surface area (Å²) in [6, 6.07) is 24.7. The van der Waals surface area contributed by atoms with Crippen LogP contribution in [0.3, 0.4) is 0 Å². The van der Waals surface area contributed by atoms with Crippen molar-refractivity contribution in [3.63, 3.8) is 0 Å². The fourth-order valence-corrected chi connectivity index (χ4v) is 4.64. The van der Waals surface area contributed by atoms with Gasteiger partial charge in [0, 0.05) is 28.9 Å². The van der Waals surface area contributed by atoms with Crippen LogP contribution in [0.25, 0.3) is 0 Å². The Bertz CT molecular complexity index is 1110. The summed E-state index contributed by atoms with van der Waals surface area (Å²) in [6.07, 6.45) is 1.27. The van der Waals surface area contributed by atoms with Crippen molar-refractivity contribution in [2.75, 3.05) is 5.75 Å². The van der Waals surface area contributed by atoms with E-state index in [0.717, 1.165) is 28.0 Å². The third-order valence-corrected chi connectivity index (χ3v) is 7.30. The Morgan fingerprint density at radius 2 is 1.63 bits per heavy atom. The molecule has 2 atom stereocenters. The molecule has 0 aromatic heterocycles. The highest BCUT2D eigenvalue weighted by Gasteiger charge is 2.31. The van der Waals surface area contributed by atoms with Gasteiger partial charge in [0.2, 0.25) is 11.8 Å². The van der Waals surface area contributed by atoms with E-state index in [2.05, 4.69) is 5.32 Å². The summed E-state index contributed by atoms with van der Waals surface area (Å²) < 4.78 is 0. The predicted octanol–water partition coefficient (Wildman–Crippen LogP) is 6.30. The smallest absolute Gasteiger partial charge is 0.243 e. The first-order valence-corrected chi connectivity index (χ1v) is 13.3. The molecule has 0 aliphatic carbocycles. The fraction of sp³-hybridized carbons (Fsp3) is 0.310. The second-order valence-electron chi connectivity index (χ2n) is 8.71. The van der Waals surface area contributed by atoms with E-state index < -0.39 is 6.04 Å². The molecule has 0 aliphatic rings.